The van der Waals surface area contributed by atoms with Gasteiger partial charge in [0.25, 0.3) is 0 Å². The standard InChI is InChI=1S/C39H39N4/c1-4-40-25-19-34(20-26-40)31-7-13-37(14-8-31)43(38-15-9-32(10-16-38)35-21-27-41(5-2)28-22-35)39-17-11-33(12-18-39)36-23-29-42(6-3)30-24-36/h7-30H,4-6H2,1-3H3/q+3. The van der Waals surface area contributed by atoms with E-state index < -0.39 is 0 Å². The first-order valence-corrected chi connectivity index (χ1v) is 15.2. The summed E-state index contributed by atoms with van der Waals surface area (Å²) in [4.78, 5) is 2.33. The summed E-state index contributed by atoms with van der Waals surface area (Å²) in [6, 6.07) is 39.8. The fraction of sp³-hybridized carbons (Fsp3) is 0.154. The van der Waals surface area contributed by atoms with E-state index in [1.807, 2.05) is 0 Å². The smallest absolute Gasteiger partial charge is 0.169 e. The highest BCUT2D eigenvalue weighted by molar-refractivity contribution is 5.80. The molecule has 0 aliphatic carbocycles. The highest BCUT2D eigenvalue weighted by atomic mass is 15.1. The molecule has 212 valence electrons. The van der Waals surface area contributed by atoms with Crippen LogP contribution in [0.4, 0.5) is 17.1 Å². The van der Waals surface area contributed by atoms with E-state index in [-0.39, 0.29) is 0 Å². The van der Waals surface area contributed by atoms with Gasteiger partial charge in [0.15, 0.2) is 37.2 Å². The van der Waals surface area contributed by atoms with Gasteiger partial charge >= 0.3 is 0 Å². The van der Waals surface area contributed by atoms with Gasteiger partial charge in [-0.05, 0) is 90.6 Å². The Bertz CT molecular complexity index is 1540. The lowest BCUT2D eigenvalue weighted by atomic mass is 10.0. The quantitative estimate of drug-likeness (QED) is 0.162. The molecule has 0 saturated heterocycles. The molecule has 0 amide bonds. The first kappa shape index (κ1) is 28.0. The number of anilines is 3. The maximum absolute atomic E-state index is 2.33. The molecule has 0 bridgehead atoms. The second-order valence-electron chi connectivity index (χ2n) is 10.7. The summed E-state index contributed by atoms with van der Waals surface area (Å²) in [5, 5.41) is 0. The number of benzene rings is 3. The monoisotopic (exact) mass is 563 g/mol. The minimum Gasteiger partial charge on any atom is -0.311 e. The van der Waals surface area contributed by atoms with E-state index in [9.17, 15) is 0 Å². The molecular weight excluding hydrogens is 524 g/mol. The normalized spacial score (nSPS) is 11.0. The molecule has 43 heavy (non-hydrogen) atoms. The number of rotatable bonds is 9. The molecule has 6 aromatic rings. The van der Waals surface area contributed by atoms with E-state index in [0.29, 0.717) is 0 Å². The SMILES string of the molecule is CC[n+]1ccc(-c2ccc(N(c3ccc(-c4cc[n+](CC)cc4)cc3)c3ccc(-c4cc[n+](CC)cc4)cc3)cc2)cc1. The predicted molar refractivity (Wildman–Crippen MR) is 175 cm³/mol. The third-order valence-corrected chi connectivity index (χ3v) is 8.15. The van der Waals surface area contributed by atoms with Gasteiger partial charge in [0.05, 0.1) is 0 Å². The van der Waals surface area contributed by atoms with Crippen LogP contribution in [-0.4, -0.2) is 0 Å². The highest BCUT2D eigenvalue weighted by Gasteiger charge is 2.14. The molecule has 0 aliphatic heterocycles. The van der Waals surface area contributed by atoms with Gasteiger partial charge in [-0.25, -0.2) is 13.7 Å². The van der Waals surface area contributed by atoms with E-state index in [1.165, 1.54) is 33.4 Å². The van der Waals surface area contributed by atoms with Crippen LogP contribution in [0.5, 0.6) is 0 Å². The number of nitrogens with zero attached hydrogens (tertiary/aromatic N) is 4. The zero-order valence-corrected chi connectivity index (χ0v) is 25.3. The second kappa shape index (κ2) is 12.8. The van der Waals surface area contributed by atoms with Crippen LogP contribution in [-0.2, 0) is 19.6 Å². The largest absolute Gasteiger partial charge is 0.311 e. The molecule has 3 aromatic heterocycles. The molecule has 4 heteroatoms. The Kier molecular flexibility index (Phi) is 8.37. The van der Waals surface area contributed by atoms with Crippen molar-refractivity contribution in [3.05, 3.63) is 146 Å². The van der Waals surface area contributed by atoms with E-state index in [4.69, 9.17) is 0 Å². The maximum atomic E-state index is 2.33. The molecule has 0 atom stereocenters. The minimum absolute atomic E-state index is 0.970. The zero-order chi connectivity index (χ0) is 29.6. The van der Waals surface area contributed by atoms with Crippen LogP contribution in [0.15, 0.2) is 146 Å². The van der Waals surface area contributed by atoms with Crippen molar-refractivity contribution in [2.45, 2.75) is 40.4 Å². The van der Waals surface area contributed by atoms with Crippen molar-refractivity contribution >= 4 is 17.1 Å². The number of hydrogen-bond donors (Lipinski definition) is 0. The van der Waals surface area contributed by atoms with Gasteiger partial charge in [-0.15, -0.1) is 0 Å². The van der Waals surface area contributed by atoms with Gasteiger partial charge in [-0.1, -0.05) is 36.4 Å². The summed E-state index contributed by atoms with van der Waals surface area (Å²) in [6.45, 7) is 9.38. The van der Waals surface area contributed by atoms with Gasteiger partial charge < -0.3 is 4.90 Å². The topological polar surface area (TPSA) is 14.9 Å². The maximum Gasteiger partial charge on any atom is 0.169 e. The van der Waals surface area contributed by atoms with Crippen molar-refractivity contribution in [2.24, 2.45) is 0 Å². The van der Waals surface area contributed by atoms with E-state index in [0.717, 1.165) is 36.7 Å². The highest BCUT2D eigenvalue weighted by Crippen LogP contribution is 2.37. The van der Waals surface area contributed by atoms with Crippen molar-refractivity contribution in [1.29, 1.82) is 0 Å². The van der Waals surface area contributed by atoms with Crippen LogP contribution >= 0.6 is 0 Å². The molecular formula is C39H39N4+3. The first-order valence-electron chi connectivity index (χ1n) is 15.2. The average Bonchev–Trinajstić information content (AvgIpc) is 3.09. The van der Waals surface area contributed by atoms with Crippen LogP contribution in [0.3, 0.4) is 0 Å². The molecule has 0 aliphatic rings. The summed E-state index contributed by atoms with van der Waals surface area (Å²) < 4.78 is 6.54. The minimum atomic E-state index is 0.970. The number of aryl methyl sites for hydroxylation is 3. The molecule has 0 N–H and O–H groups in total. The summed E-state index contributed by atoms with van der Waals surface area (Å²) in [5.41, 5.74) is 10.6. The van der Waals surface area contributed by atoms with Crippen LogP contribution in [0.25, 0.3) is 33.4 Å². The molecule has 0 radical (unpaired) electrons. The predicted octanol–water partition coefficient (Wildman–Crippen LogP) is 8.08. The Morgan fingerprint density at radius 2 is 0.535 bits per heavy atom. The van der Waals surface area contributed by atoms with Crippen LogP contribution in [0, 0.1) is 0 Å². The van der Waals surface area contributed by atoms with Crippen molar-refractivity contribution in [2.75, 3.05) is 4.90 Å². The second-order valence-corrected chi connectivity index (χ2v) is 10.7. The molecule has 6 rings (SSSR count). The molecule has 3 aromatic carbocycles. The van der Waals surface area contributed by atoms with Crippen LogP contribution in [0.1, 0.15) is 20.8 Å². The summed E-state index contributed by atoms with van der Waals surface area (Å²) in [5.74, 6) is 0. The molecule has 3 heterocycles. The van der Waals surface area contributed by atoms with Crippen molar-refractivity contribution in [3.63, 3.8) is 0 Å². The number of pyridine rings is 3. The molecule has 0 spiro atoms. The molecule has 0 saturated carbocycles. The van der Waals surface area contributed by atoms with Gasteiger partial charge in [0.1, 0.15) is 19.6 Å². The Hall–Kier alpha value is -5.09. The zero-order valence-electron chi connectivity index (χ0n) is 25.3. The van der Waals surface area contributed by atoms with Gasteiger partial charge in [-0.3, -0.25) is 0 Å². The summed E-state index contributed by atoms with van der Waals surface area (Å²) in [6.07, 6.45) is 12.8. The third kappa shape index (κ3) is 6.24. The van der Waals surface area contributed by atoms with Crippen molar-refractivity contribution < 1.29 is 13.7 Å². The average molecular weight is 564 g/mol. The van der Waals surface area contributed by atoms with Crippen molar-refractivity contribution in [3.8, 4) is 33.4 Å². The summed E-state index contributed by atoms with van der Waals surface area (Å²) >= 11 is 0. The lowest BCUT2D eigenvalue weighted by Gasteiger charge is -2.26. The lowest BCUT2D eigenvalue weighted by molar-refractivity contribution is -0.693. The number of aromatic nitrogens is 3. The van der Waals surface area contributed by atoms with Gasteiger partial charge in [-0.2, -0.15) is 0 Å². The summed E-state index contributed by atoms with van der Waals surface area (Å²) in [7, 11) is 0. The lowest BCUT2D eigenvalue weighted by Crippen LogP contribution is -2.30. The van der Waals surface area contributed by atoms with Crippen LogP contribution < -0.4 is 18.6 Å². The fourth-order valence-corrected chi connectivity index (χ4v) is 5.44. The number of hydrogen-bond acceptors (Lipinski definition) is 1. The van der Waals surface area contributed by atoms with Crippen LogP contribution in [0.2, 0.25) is 0 Å². The third-order valence-electron chi connectivity index (χ3n) is 8.15. The Morgan fingerprint density at radius 3 is 0.744 bits per heavy atom. The Morgan fingerprint density at radius 1 is 0.326 bits per heavy atom. The first-order chi connectivity index (χ1) is 21.1. The van der Waals surface area contributed by atoms with E-state index in [1.54, 1.807) is 0 Å². The van der Waals surface area contributed by atoms with Gasteiger partial charge in [0.2, 0.25) is 0 Å². The van der Waals surface area contributed by atoms with Crippen molar-refractivity contribution in [1.82, 2.24) is 0 Å². The van der Waals surface area contributed by atoms with E-state index in [2.05, 4.69) is 186 Å². The Balaban J connectivity index is 1.34. The molecule has 0 fully saturated rings. The Labute approximate surface area is 255 Å². The van der Waals surface area contributed by atoms with Gasteiger partial charge in [0, 0.05) is 53.5 Å². The van der Waals surface area contributed by atoms with E-state index >= 15 is 0 Å². The molecule has 0 unspecified atom stereocenters. The molecule has 4 nitrogen and oxygen atoms in total. The fourth-order valence-electron chi connectivity index (χ4n) is 5.44.